The molecule has 1 aliphatic heterocycles. The summed E-state index contributed by atoms with van der Waals surface area (Å²) in [6, 6.07) is 0. The van der Waals surface area contributed by atoms with Crippen molar-refractivity contribution < 1.29 is 14.7 Å². The maximum Gasteiger partial charge on any atom is 0.306 e. The number of rotatable bonds is 2. The zero-order valence-electron chi connectivity index (χ0n) is 11.3. The number of hydrogen-bond donors (Lipinski definition) is 1. The highest BCUT2D eigenvalue weighted by Crippen LogP contribution is 2.32. The topological polar surface area (TPSA) is 57.6 Å². The van der Waals surface area contributed by atoms with Gasteiger partial charge in [0.05, 0.1) is 5.92 Å². The number of carbonyl (C=O) groups is 2. The van der Waals surface area contributed by atoms with Crippen molar-refractivity contribution in [1.29, 1.82) is 0 Å². The van der Waals surface area contributed by atoms with Crippen LogP contribution in [0.5, 0.6) is 0 Å². The van der Waals surface area contributed by atoms with Crippen LogP contribution in [0.25, 0.3) is 0 Å². The van der Waals surface area contributed by atoms with Crippen LogP contribution in [0.2, 0.25) is 0 Å². The number of nitrogens with zero attached hydrogens (tertiary/aromatic N) is 1. The molecule has 4 unspecified atom stereocenters. The quantitative estimate of drug-likeness (QED) is 0.818. The smallest absolute Gasteiger partial charge is 0.306 e. The number of carbonyl (C=O) groups excluding carboxylic acids is 1. The van der Waals surface area contributed by atoms with E-state index in [0.717, 1.165) is 32.4 Å². The predicted octanol–water partition coefficient (Wildman–Crippen LogP) is 1.99. The molecule has 0 aromatic carbocycles. The van der Waals surface area contributed by atoms with Crippen LogP contribution in [0, 0.1) is 23.7 Å². The first-order valence-corrected chi connectivity index (χ1v) is 7.00. The van der Waals surface area contributed by atoms with Gasteiger partial charge in [-0.2, -0.15) is 0 Å². The highest BCUT2D eigenvalue weighted by atomic mass is 16.4. The van der Waals surface area contributed by atoms with Gasteiger partial charge >= 0.3 is 5.97 Å². The van der Waals surface area contributed by atoms with Crippen LogP contribution < -0.4 is 0 Å². The second-order valence-corrected chi connectivity index (χ2v) is 6.10. The summed E-state index contributed by atoms with van der Waals surface area (Å²) in [5.74, 6) is 0.205. The molecule has 4 atom stereocenters. The van der Waals surface area contributed by atoms with Crippen molar-refractivity contribution in [1.82, 2.24) is 4.90 Å². The molecule has 0 radical (unpaired) electrons. The molecule has 102 valence electrons. The van der Waals surface area contributed by atoms with Gasteiger partial charge in [-0.15, -0.1) is 0 Å². The molecule has 4 nitrogen and oxygen atoms in total. The lowest BCUT2D eigenvalue weighted by Crippen LogP contribution is -2.38. The van der Waals surface area contributed by atoms with E-state index in [2.05, 4.69) is 13.8 Å². The van der Waals surface area contributed by atoms with Crippen molar-refractivity contribution in [2.24, 2.45) is 23.7 Å². The van der Waals surface area contributed by atoms with E-state index in [1.54, 1.807) is 0 Å². The molecule has 1 N–H and O–H groups in total. The van der Waals surface area contributed by atoms with Crippen LogP contribution >= 0.6 is 0 Å². The third-order valence-corrected chi connectivity index (χ3v) is 4.67. The minimum absolute atomic E-state index is 0.0580. The van der Waals surface area contributed by atoms with Gasteiger partial charge in [0.2, 0.25) is 5.91 Å². The van der Waals surface area contributed by atoms with E-state index in [-0.39, 0.29) is 17.7 Å². The average Bonchev–Trinajstić information content (AvgIpc) is 2.69. The Morgan fingerprint density at radius 3 is 2.17 bits per heavy atom. The molecule has 2 aliphatic rings. The van der Waals surface area contributed by atoms with Crippen LogP contribution in [-0.4, -0.2) is 35.0 Å². The molecular formula is C14H23NO3. The molecule has 0 aromatic heterocycles. The standard InChI is InChI=1S/C14H23NO3/c1-9-7-15(8-10(9)2)13(16)11-4-3-5-12(6-11)14(17)18/h9-12H,3-8H2,1-2H3,(H,17,18). The van der Waals surface area contributed by atoms with Crippen molar-refractivity contribution in [2.75, 3.05) is 13.1 Å². The summed E-state index contributed by atoms with van der Waals surface area (Å²) < 4.78 is 0. The Balaban J connectivity index is 1.95. The van der Waals surface area contributed by atoms with Gasteiger partial charge in [0, 0.05) is 19.0 Å². The molecule has 2 fully saturated rings. The molecular weight excluding hydrogens is 230 g/mol. The molecule has 0 aromatic rings. The van der Waals surface area contributed by atoms with Crippen LogP contribution in [-0.2, 0) is 9.59 Å². The summed E-state index contributed by atoms with van der Waals surface area (Å²) in [6.45, 7) is 6.04. The molecule has 18 heavy (non-hydrogen) atoms. The summed E-state index contributed by atoms with van der Waals surface area (Å²) in [7, 11) is 0. The molecule has 1 heterocycles. The van der Waals surface area contributed by atoms with Crippen molar-refractivity contribution in [3.63, 3.8) is 0 Å². The summed E-state index contributed by atoms with van der Waals surface area (Å²) in [5, 5.41) is 9.06. The van der Waals surface area contributed by atoms with E-state index < -0.39 is 5.97 Å². The van der Waals surface area contributed by atoms with E-state index in [4.69, 9.17) is 5.11 Å². The fourth-order valence-electron chi connectivity index (χ4n) is 3.21. The van der Waals surface area contributed by atoms with Crippen molar-refractivity contribution >= 4 is 11.9 Å². The van der Waals surface area contributed by atoms with Gasteiger partial charge in [-0.1, -0.05) is 20.3 Å². The summed E-state index contributed by atoms with van der Waals surface area (Å²) in [4.78, 5) is 25.4. The van der Waals surface area contributed by atoms with Gasteiger partial charge in [-0.25, -0.2) is 0 Å². The number of hydrogen-bond acceptors (Lipinski definition) is 2. The highest BCUT2D eigenvalue weighted by Gasteiger charge is 2.36. The van der Waals surface area contributed by atoms with Crippen LogP contribution in [0.1, 0.15) is 39.5 Å². The molecule has 1 aliphatic carbocycles. The summed E-state index contributed by atoms with van der Waals surface area (Å²) in [5.41, 5.74) is 0. The van der Waals surface area contributed by atoms with E-state index in [1.165, 1.54) is 0 Å². The van der Waals surface area contributed by atoms with Gasteiger partial charge in [0.1, 0.15) is 0 Å². The maximum atomic E-state index is 12.4. The Bertz CT molecular complexity index is 332. The third-order valence-electron chi connectivity index (χ3n) is 4.67. The molecule has 1 saturated carbocycles. The monoisotopic (exact) mass is 253 g/mol. The van der Waals surface area contributed by atoms with Gasteiger partial charge in [-0.05, 0) is 31.1 Å². The van der Waals surface area contributed by atoms with Crippen LogP contribution in [0.3, 0.4) is 0 Å². The van der Waals surface area contributed by atoms with E-state index in [1.807, 2.05) is 4.90 Å². The number of carboxylic acid groups (broad SMARTS) is 1. The molecule has 0 spiro atoms. The van der Waals surface area contributed by atoms with Crippen molar-refractivity contribution in [3.05, 3.63) is 0 Å². The fraction of sp³-hybridized carbons (Fsp3) is 0.857. The Hall–Kier alpha value is -1.06. The zero-order chi connectivity index (χ0) is 13.3. The summed E-state index contributed by atoms with van der Waals surface area (Å²) >= 11 is 0. The first-order chi connectivity index (χ1) is 8.49. The van der Waals surface area contributed by atoms with Gasteiger partial charge in [0.15, 0.2) is 0 Å². The number of amides is 1. The Kier molecular flexibility index (Phi) is 3.93. The number of likely N-dealkylation sites (tertiary alicyclic amines) is 1. The number of carboxylic acids is 1. The van der Waals surface area contributed by atoms with E-state index >= 15 is 0 Å². The maximum absolute atomic E-state index is 12.4. The van der Waals surface area contributed by atoms with Crippen molar-refractivity contribution in [2.45, 2.75) is 39.5 Å². The SMILES string of the molecule is CC1CN(C(=O)C2CCCC(C(=O)O)C2)CC1C. The van der Waals surface area contributed by atoms with E-state index in [9.17, 15) is 9.59 Å². The lowest BCUT2D eigenvalue weighted by molar-refractivity contribution is -0.145. The predicted molar refractivity (Wildman–Crippen MR) is 68.0 cm³/mol. The Labute approximate surface area is 108 Å². The molecule has 1 amide bonds. The zero-order valence-corrected chi connectivity index (χ0v) is 11.3. The van der Waals surface area contributed by atoms with Crippen LogP contribution in [0.15, 0.2) is 0 Å². The highest BCUT2D eigenvalue weighted by molar-refractivity contribution is 5.80. The lowest BCUT2D eigenvalue weighted by Gasteiger charge is -2.29. The molecule has 1 saturated heterocycles. The molecule has 0 bridgehead atoms. The first-order valence-electron chi connectivity index (χ1n) is 7.00. The van der Waals surface area contributed by atoms with Crippen molar-refractivity contribution in [3.8, 4) is 0 Å². The fourth-order valence-corrected chi connectivity index (χ4v) is 3.21. The van der Waals surface area contributed by atoms with Gasteiger partial charge < -0.3 is 10.0 Å². The van der Waals surface area contributed by atoms with Gasteiger partial charge in [-0.3, -0.25) is 9.59 Å². The third kappa shape index (κ3) is 2.68. The minimum atomic E-state index is -0.740. The lowest BCUT2D eigenvalue weighted by atomic mass is 9.81. The van der Waals surface area contributed by atoms with E-state index in [0.29, 0.717) is 18.3 Å². The Morgan fingerprint density at radius 2 is 1.61 bits per heavy atom. The largest absolute Gasteiger partial charge is 0.481 e. The second-order valence-electron chi connectivity index (χ2n) is 6.10. The van der Waals surface area contributed by atoms with Crippen LogP contribution in [0.4, 0.5) is 0 Å². The molecule has 2 rings (SSSR count). The summed E-state index contributed by atoms with van der Waals surface area (Å²) in [6.07, 6.45) is 2.99. The number of aliphatic carboxylic acids is 1. The minimum Gasteiger partial charge on any atom is -0.481 e. The van der Waals surface area contributed by atoms with Gasteiger partial charge in [0.25, 0.3) is 0 Å². The Morgan fingerprint density at radius 1 is 1.06 bits per heavy atom. The first kappa shape index (κ1) is 13.4. The second kappa shape index (κ2) is 5.29. The average molecular weight is 253 g/mol. The molecule has 4 heteroatoms. The normalized spacial score (nSPS) is 36.7.